The van der Waals surface area contributed by atoms with Gasteiger partial charge in [0.2, 0.25) is 0 Å². The number of fused-ring (bicyclic) bond motifs is 1. The van der Waals surface area contributed by atoms with Crippen molar-refractivity contribution in [3.63, 3.8) is 0 Å². The van der Waals surface area contributed by atoms with Crippen LogP contribution in [0.5, 0.6) is 0 Å². The zero-order chi connectivity index (χ0) is 16.2. The van der Waals surface area contributed by atoms with E-state index in [2.05, 4.69) is 39.7 Å². The van der Waals surface area contributed by atoms with Gasteiger partial charge in [0.15, 0.2) is 5.11 Å². The topological polar surface area (TPSA) is 53.6 Å². The first-order chi connectivity index (χ1) is 11.1. The van der Waals surface area contributed by atoms with Crippen LogP contribution in [-0.2, 0) is 13.0 Å². The number of nitrogens with two attached hydrogens (primary N) is 1. The van der Waals surface area contributed by atoms with E-state index in [1.54, 1.807) is 0 Å². The Labute approximate surface area is 145 Å². The number of hydrazone groups is 1. The maximum absolute atomic E-state index is 5.97. The van der Waals surface area contributed by atoms with Crippen LogP contribution in [0.15, 0.2) is 53.6 Å². The van der Waals surface area contributed by atoms with Crippen LogP contribution in [0.1, 0.15) is 11.1 Å². The van der Waals surface area contributed by atoms with Crippen LogP contribution < -0.4 is 16.1 Å². The van der Waals surface area contributed by atoms with Crippen LogP contribution in [0.4, 0.5) is 5.69 Å². The summed E-state index contributed by atoms with van der Waals surface area (Å²) < 4.78 is 0. The quantitative estimate of drug-likeness (QED) is 0.508. The second kappa shape index (κ2) is 6.98. The Bertz CT molecular complexity index is 730. The van der Waals surface area contributed by atoms with Gasteiger partial charge in [-0.15, -0.1) is 0 Å². The molecule has 118 valence electrons. The minimum atomic E-state index is 0.157. The maximum atomic E-state index is 5.97. The van der Waals surface area contributed by atoms with Crippen LogP contribution in [0.25, 0.3) is 0 Å². The van der Waals surface area contributed by atoms with E-state index in [0.29, 0.717) is 0 Å². The van der Waals surface area contributed by atoms with Crippen LogP contribution in [0, 0.1) is 0 Å². The van der Waals surface area contributed by atoms with Crippen molar-refractivity contribution in [1.82, 2.24) is 5.43 Å². The van der Waals surface area contributed by atoms with E-state index in [1.165, 1.54) is 16.8 Å². The summed E-state index contributed by atoms with van der Waals surface area (Å²) in [7, 11) is 0. The Kier molecular flexibility index (Phi) is 4.79. The van der Waals surface area contributed by atoms with Gasteiger partial charge >= 0.3 is 0 Å². The van der Waals surface area contributed by atoms with Gasteiger partial charge < -0.3 is 10.6 Å². The standard InChI is InChI=1S/C17H17ClN4S/c18-14-7-5-12(6-8-14)11-22-15(10-20-21-17(19)23)9-13-3-1-2-4-16(13)22/h1-8,10,15H,9,11H2,(H3,19,21,23)/b20-10+/t15-/m0/s1. The van der Waals surface area contributed by atoms with Gasteiger partial charge in [-0.05, 0) is 48.0 Å². The predicted molar refractivity (Wildman–Crippen MR) is 100.0 cm³/mol. The molecule has 1 aliphatic rings. The lowest BCUT2D eigenvalue weighted by Crippen LogP contribution is -2.34. The van der Waals surface area contributed by atoms with Gasteiger partial charge in [-0.25, -0.2) is 0 Å². The lowest BCUT2D eigenvalue weighted by Gasteiger charge is -2.25. The molecule has 6 heteroatoms. The summed E-state index contributed by atoms with van der Waals surface area (Å²) in [6.07, 6.45) is 2.77. The molecular weight excluding hydrogens is 328 g/mol. The molecule has 0 amide bonds. The highest BCUT2D eigenvalue weighted by Gasteiger charge is 2.27. The number of hydrogen-bond donors (Lipinski definition) is 2. The van der Waals surface area contributed by atoms with E-state index in [1.807, 2.05) is 30.5 Å². The molecule has 0 spiro atoms. The molecule has 0 saturated heterocycles. The Morgan fingerprint density at radius 2 is 2.04 bits per heavy atom. The van der Waals surface area contributed by atoms with E-state index in [4.69, 9.17) is 29.6 Å². The number of anilines is 1. The Morgan fingerprint density at radius 3 is 2.78 bits per heavy atom. The second-order valence-electron chi connectivity index (χ2n) is 5.41. The van der Waals surface area contributed by atoms with E-state index < -0.39 is 0 Å². The maximum Gasteiger partial charge on any atom is 0.184 e. The summed E-state index contributed by atoms with van der Waals surface area (Å²) in [5.74, 6) is 0. The normalized spacial score (nSPS) is 16.6. The fraction of sp³-hybridized carbons (Fsp3) is 0.176. The summed E-state index contributed by atoms with van der Waals surface area (Å²) in [5.41, 5.74) is 11.8. The summed E-state index contributed by atoms with van der Waals surface area (Å²) in [5, 5.41) is 5.05. The molecule has 2 aromatic rings. The van der Waals surface area contributed by atoms with Crippen LogP contribution in [0.3, 0.4) is 0 Å². The zero-order valence-electron chi connectivity index (χ0n) is 12.4. The first-order valence-corrected chi connectivity index (χ1v) is 8.10. The molecule has 1 aliphatic heterocycles. The fourth-order valence-corrected chi connectivity index (χ4v) is 2.97. The largest absolute Gasteiger partial charge is 0.375 e. The summed E-state index contributed by atoms with van der Waals surface area (Å²) in [6, 6.07) is 16.5. The minimum Gasteiger partial charge on any atom is -0.375 e. The monoisotopic (exact) mass is 344 g/mol. The van der Waals surface area contributed by atoms with Crippen molar-refractivity contribution >= 4 is 40.8 Å². The van der Waals surface area contributed by atoms with Crippen molar-refractivity contribution < 1.29 is 0 Å². The van der Waals surface area contributed by atoms with Gasteiger partial charge in [-0.1, -0.05) is 41.9 Å². The Balaban J connectivity index is 1.83. The number of nitrogens with zero attached hydrogens (tertiary/aromatic N) is 2. The predicted octanol–water partition coefficient (Wildman–Crippen LogP) is 3.09. The number of hydrogen-bond acceptors (Lipinski definition) is 3. The van der Waals surface area contributed by atoms with E-state index in [-0.39, 0.29) is 11.2 Å². The van der Waals surface area contributed by atoms with Crippen molar-refractivity contribution in [2.24, 2.45) is 10.8 Å². The number of halogens is 1. The molecule has 0 aromatic heterocycles. The smallest absolute Gasteiger partial charge is 0.184 e. The van der Waals surface area contributed by atoms with E-state index >= 15 is 0 Å². The Morgan fingerprint density at radius 1 is 1.30 bits per heavy atom. The number of rotatable bonds is 4. The molecule has 3 rings (SSSR count). The molecular formula is C17H17ClN4S. The second-order valence-corrected chi connectivity index (χ2v) is 6.29. The summed E-state index contributed by atoms with van der Waals surface area (Å²) in [6.45, 7) is 0.790. The number of para-hydroxylation sites is 1. The van der Waals surface area contributed by atoms with Crippen molar-refractivity contribution in [2.75, 3.05) is 4.90 Å². The molecule has 2 aromatic carbocycles. The van der Waals surface area contributed by atoms with Gasteiger partial charge in [-0.2, -0.15) is 5.10 Å². The fourth-order valence-electron chi connectivity index (χ4n) is 2.79. The molecule has 0 saturated carbocycles. The van der Waals surface area contributed by atoms with Crippen LogP contribution >= 0.6 is 23.8 Å². The van der Waals surface area contributed by atoms with Gasteiger partial charge in [0.05, 0.1) is 6.04 Å². The van der Waals surface area contributed by atoms with E-state index in [9.17, 15) is 0 Å². The third-order valence-corrected chi connectivity index (χ3v) is 4.16. The SMILES string of the molecule is NC(=S)N/N=C/[C@@H]1Cc2ccccc2N1Cc1ccc(Cl)cc1. The molecule has 0 aliphatic carbocycles. The number of benzene rings is 2. The molecule has 3 N–H and O–H groups in total. The zero-order valence-corrected chi connectivity index (χ0v) is 14.0. The van der Waals surface area contributed by atoms with Crippen molar-refractivity contribution in [2.45, 2.75) is 19.0 Å². The van der Waals surface area contributed by atoms with E-state index in [0.717, 1.165) is 18.0 Å². The van der Waals surface area contributed by atoms with Gasteiger partial charge in [0.25, 0.3) is 0 Å². The van der Waals surface area contributed by atoms with Crippen molar-refractivity contribution in [1.29, 1.82) is 0 Å². The van der Waals surface area contributed by atoms with Gasteiger partial charge in [0, 0.05) is 23.5 Å². The molecule has 0 radical (unpaired) electrons. The third-order valence-electron chi connectivity index (χ3n) is 3.82. The van der Waals surface area contributed by atoms with Crippen molar-refractivity contribution in [3.8, 4) is 0 Å². The third kappa shape index (κ3) is 3.81. The first-order valence-electron chi connectivity index (χ1n) is 7.31. The molecule has 23 heavy (non-hydrogen) atoms. The number of thiocarbonyl (C=S) groups is 1. The molecule has 1 heterocycles. The van der Waals surface area contributed by atoms with Crippen molar-refractivity contribution in [3.05, 3.63) is 64.7 Å². The lowest BCUT2D eigenvalue weighted by molar-refractivity contribution is 0.760. The summed E-state index contributed by atoms with van der Waals surface area (Å²) >= 11 is 10.7. The molecule has 4 nitrogen and oxygen atoms in total. The lowest BCUT2D eigenvalue weighted by atomic mass is 10.1. The van der Waals surface area contributed by atoms with Gasteiger partial charge in [0.1, 0.15) is 0 Å². The number of nitrogens with one attached hydrogen (secondary N) is 1. The first kappa shape index (κ1) is 15.8. The highest BCUT2D eigenvalue weighted by Crippen LogP contribution is 2.32. The molecule has 0 bridgehead atoms. The minimum absolute atomic E-state index is 0.157. The van der Waals surface area contributed by atoms with Crippen LogP contribution in [-0.4, -0.2) is 17.4 Å². The average molecular weight is 345 g/mol. The average Bonchev–Trinajstić information content (AvgIpc) is 2.87. The van der Waals surface area contributed by atoms with Crippen LogP contribution in [0.2, 0.25) is 5.02 Å². The summed E-state index contributed by atoms with van der Waals surface area (Å²) in [4.78, 5) is 2.32. The molecule has 0 unspecified atom stereocenters. The van der Waals surface area contributed by atoms with Gasteiger partial charge in [-0.3, -0.25) is 5.43 Å². The highest BCUT2D eigenvalue weighted by atomic mass is 35.5. The molecule has 0 fully saturated rings. The molecule has 1 atom stereocenters. The highest BCUT2D eigenvalue weighted by molar-refractivity contribution is 7.80. The Hall–Kier alpha value is -2.11.